The molecule has 2 heterocycles. The van der Waals surface area contributed by atoms with Crippen molar-refractivity contribution in [2.45, 2.75) is 0 Å². The fraction of sp³-hybridized carbons (Fsp3) is 0. The Labute approximate surface area is 211 Å². The standard InChI is InChI=1S/C28H22N8O/c29-25(30)17-5-11-21-23(13-17)35-27(33-21)15-1-7-19(8-2-15)37-20-9-3-16(4-10-20)28-34-22-12-6-18(26(31)32)14-24(22)36-28/h1-14H,(H3,29,30)(H3,31,32)(H,33,35)(H,34,36). The zero-order valence-electron chi connectivity index (χ0n) is 19.5. The van der Waals surface area contributed by atoms with E-state index in [0.29, 0.717) is 22.6 Å². The number of fused-ring (bicyclic) bond motifs is 2. The second-order valence-electron chi connectivity index (χ2n) is 8.61. The molecule has 0 fully saturated rings. The lowest BCUT2D eigenvalue weighted by Gasteiger charge is -2.07. The Morgan fingerprint density at radius 1 is 0.595 bits per heavy atom. The van der Waals surface area contributed by atoms with Crippen LogP contribution in [0.1, 0.15) is 11.1 Å². The first-order valence-electron chi connectivity index (χ1n) is 11.5. The first kappa shape index (κ1) is 22.1. The van der Waals surface area contributed by atoms with Crippen molar-refractivity contribution in [3.63, 3.8) is 0 Å². The van der Waals surface area contributed by atoms with Gasteiger partial charge in [-0.1, -0.05) is 0 Å². The number of benzene rings is 4. The van der Waals surface area contributed by atoms with Crippen LogP contribution >= 0.6 is 0 Å². The van der Waals surface area contributed by atoms with E-state index in [-0.39, 0.29) is 11.7 Å². The molecule has 0 unspecified atom stereocenters. The minimum atomic E-state index is 0.0156. The minimum Gasteiger partial charge on any atom is -0.457 e. The number of H-pyrrole nitrogens is 2. The summed E-state index contributed by atoms with van der Waals surface area (Å²) in [6.45, 7) is 0. The molecule has 4 aromatic carbocycles. The predicted molar refractivity (Wildman–Crippen MR) is 145 cm³/mol. The number of nitrogens with zero attached hydrogens (tertiary/aromatic N) is 2. The monoisotopic (exact) mass is 486 g/mol. The quantitative estimate of drug-likeness (QED) is 0.141. The van der Waals surface area contributed by atoms with E-state index >= 15 is 0 Å². The summed E-state index contributed by atoms with van der Waals surface area (Å²) >= 11 is 0. The number of imidazole rings is 2. The van der Waals surface area contributed by atoms with Crippen LogP contribution < -0.4 is 16.2 Å². The number of aromatic amines is 2. The van der Waals surface area contributed by atoms with Crippen molar-refractivity contribution in [1.29, 1.82) is 10.8 Å². The van der Waals surface area contributed by atoms with Gasteiger partial charge in [-0.05, 0) is 84.9 Å². The third-order valence-corrected chi connectivity index (χ3v) is 6.08. The Morgan fingerprint density at radius 2 is 1.00 bits per heavy atom. The Bertz CT molecular complexity index is 1660. The van der Waals surface area contributed by atoms with Gasteiger partial charge in [-0.25, -0.2) is 9.97 Å². The van der Waals surface area contributed by atoms with E-state index in [0.717, 1.165) is 44.8 Å². The van der Waals surface area contributed by atoms with Crippen LogP contribution in [0.25, 0.3) is 44.8 Å². The highest BCUT2D eigenvalue weighted by atomic mass is 16.5. The number of hydrogen-bond donors (Lipinski definition) is 6. The van der Waals surface area contributed by atoms with E-state index in [2.05, 4.69) is 19.9 Å². The summed E-state index contributed by atoms with van der Waals surface area (Å²) in [6, 6.07) is 26.3. The molecule has 8 N–H and O–H groups in total. The number of nitrogens with one attached hydrogen (secondary N) is 4. The average Bonchev–Trinajstić information content (AvgIpc) is 3.53. The fourth-order valence-corrected chi connectivity index (χ4v) is 4.12. The molecule has 0 aliphatic rings. The van der Waals surface area contributed by atoms with Crippen LogP contribution in [0, 0.1) is 10.8 Å². The van der Waals surface area contributed by atoms with Crippen LogP contribution in [0.3, 0.4) is 0 Å². The number of nitrogens with two attached hydrogens (primary N) is 2. The zero-order chi connectivity index (χ0) is 25.5. The van der Waals surface area contributed by atoms with Crippen LogP contribution in [0.15, 0.2) is 84.9 Å². The van der Waals surface area contributed by atoms with Crippen LogP contribution in [0.5, 0.6) is 11.5 Å². The van der Waals surface area contributed by atoms with Gasteiger partial charge in [-0.2, -0.15) is 0 Å². The van der Waals surface area contributed by atoms with Crippen molar-refractivity contribution in [2.24, 2.45) is 11.5 Å². The Balaban J connectivity index is 1.18. The summed E-state index contributed by atoms with van der Waals surface area (Å²) in [7, 11) is 0. The lowest BCUT2D eigenvalue weighted by molar-refractivity contribution is 0.483. The van der Waals surface area contributed by atoms with Gasteiger partial charge in [-0.15, -0.1) is 0 Å². The lowest BCUT2D eigenvalue weighted by atomic mass is 10.2. The van der Waals surface area contributed by atoms with Gasteiger partial charge in [0.25, 0.3) is 0 Å². The third-order valence-electron chi connectivity index (χ3n) is 6.08. The summed E-state index contributed by atoms with van der Waals surface area (Å²) in [6.07, 6.45) is 0. The molecule has 0 saturated heterocycles. The highest BCUT2D eigenvalue weighted by molar-refractivity contribution is 5.99. The summed E-state index contributed by atoms with van der Waals surface area (Å²) in [5.41, 5.74) is 17.6. The molecule has 6 aromatic rings. The first-order valence-corrected chi connectivity index (χ1v) is 11.5. The number of aromatic nitrogens is 4. The van der Waals surface area contributed by atoms with Gasteiger partial charge < -0.3 is 26.2 Å². The first-order chi connectivity index (χ1) is 17.9. The maximum atomic E-state index is 7.61. The third kappa shape index (κ3) is 4.25. The second kappa shape index (κ2) is 8.65. The lowest BCUT2D eigenvalue weighted by Crippen LogP contribution is -2.10. The highest BCUT2D eigenvalue weighted by Crippen LogP contribution is 2.28. The van der Waals surface area contributed by atoms with Gasteiger partial charge in [0, 0.05) is 22.3 Å². The summed E-state index contributed by atoms with van der Waals surface area (Å²) in [5, 5.41) is 15.2. The van der Waals surface area contributed by atoms with E-state index in [9.17, 15) is 0 Å². The maximum absolute atomic E-state index is 7.61. The molecule has 9 heteroatoms. The van der Waals surface area contributed by atoms with E-state index in [1.807, 2.05) is 60.7 Å². The highest BCUT2D eigenvalue weighted by Gasteiger charge is 2.10. The fourth-order valence-electron chi connectivity index (χ4n) is 4.12. The molecular weight excluding hydrogens is 464 g/mol. The molecule has 0 saturated carbocycles. The average molecular weight is 487 g/mol. The van der Waals surface area contributed by atoms with E-state index in [1.165, 1.54) is 0 Å². The number of hydrogen-bond acceptors (Lipinski definition) is 5. The SMILES string of the molecule is N=C(N)c1ccc2[nH]c(-c3ccc(Oc4ccc(-c5nc6cc(C(=N)N)ccc6[nH]5)cc4)cc3)nc2c1. The molecule has 180 valence electrons. The number of amidine groups is 2. The molecular formula is C28H22N8O. The Kier molecular flexibility index (Phi) is 5.16. The largest absolute Gasteiger partial charge is 0.457 e. The van der Waals surface area contributed by atoms with E-state index in [1.54, 1.807) is 24.3 Å². The Morgan fingerprint density at radius 3 is 1.38 bits per heavy atom. The number of rotatable bonds is 6. The number of nitrogen functional groups attached to an aromatic ring is 2. The smallest absolute Gasteiger partial charge is 0.138 e. The molecule has 0 bridgehead atoms. The van der Waals surface area contributed by atoms with Crippen molar-refractivity contribution >= 4 is 33.7 Å². The summed E-state index contributed by atoms with van der Waals surface area (Å²) < 4.78 is 6.03. The van der Waals surface area contributed by atoms with E-state index < -0.39 is 0 Å². The van der Waals surface area contributed by atoms with Crippen LogP contribution in [-0.4, -0.2) is 31.6 Å². The molecule has 0 atom stereocenters. The van der Waals surface area contributed by atoms with Crippen molar-refractivity contribution in [3.8, 4) is 34.3 Å². The maximum Gasteiger partial charge on any atom is 0.138 e. The molecule has 0 radical (unpaired) electrons. The van der Waals surface area contributed by atoms with Crippen LogP contribution in [0.4, 0.5) is 0 Å². The summed E-state index contributed by atoms with van der Waals surface area (Å²) in [4.78, 5) is 15.9. The van der Waals surface area contributed by atoms with Gasteiger partial charge in [0.05, 0.1) is 22.1 Å². The molecule has 0 aliphatic carbocycles. The summed E-state index contributed by atoms with van der Waals surface area (Å²) in [5.74, 6) is 2.89. The number of ether oxygens (including phenoxy) is 1. The van der Waals surface area contributed by atoms with Gasteiger partial charge in [0.2, 0.25) is 0 Å². The van der Waals surface area contributed by atoms with Crippen LogP contribution in [0.2, 0.25) is 0 Å². The van der Waals surface area contributed by atoms with Crippen molar-refractivity contribution in [2.75, 3.05) is 0 Å². The van der Waals surface area contributed by atoms with Crippen molar-refractivity contribution < 1.29 is 4.74 Å². The molecule has 9 nitrogen and oxygen atoms in total. The van der Waals surface area contributed by atoms with Crippen molar-refractivity contribution in [3.05, 3.63) is 96.1 Å². The molecule has 6 rings (SSSR count). The van der Waals surface area contributed by atoms with Crippen LogP contribution in [-0.2, 0) is 0 Å². The van der Waals surface area contributed by atoms with E-state index in [4.69, 9.17) is 27.0 Å². The topological polar surface area (TPSA) is 166 Å². The molecule has 0 spiro atoms. The second-order valence-corrected chi connectivity index (χ2v) is 8.61. The van der Waals surface area contributed by atoms with Gasteiger partial charge in [0.1, 0.15) is 34.8 Å². The normalized spacial score (nSPS) is 11.1. The molecule has 2 aromatic heterocycles. The molecule has 0 amide bonds. The van der Waals surface area contributed by atoms with Gasteiger partial charge >= 0.3 is 0 Å². The minimum absolute atomic E-state index is 0.0156. The Hall–Kier alpha value is -5.44. The molecule has 37 heavy (non-hydrogen) atoms. The van der Waals surface area contributed by atoms with Crippen molar-refractivity contribution in [1.82, 2.24) is 19.9 Å². The van der Waals surface area contributed by atoms with Gasteiger partial charge in [-0.3, -0.25) is 10.8 Å². The zero-order valence-corrected chi connectivity index (χ0v) is 19.5. The van der Waals surface area contributed by atoms with Gasteiger partial charge in [0.15, 0.2) is 0 Å². The molecule has 0 aliphatic heterocycles. The predicted octanol–water partition coefficient (Wildman–Crippen LogP) is 5.13.